The molecule has 0 bridgehead atoms. The first-order chi connectivity index (χ1) is 8.15. The second kappa shape index (κ2) is 4.91. The summed E-state index contributed by atoms with van der Waals surface area (Å²) in [6, 6.07) is 6.77. The molecule has 1 aromatic carbocycles. The highest BCUT2D eigenvalue weighted by molar-refractivity contribution is 5.76. The smallest absolute Gasteiger partial charge is 0.220 e. The van der Waals surface area contributed by atoms with Crippen LogP contribution in [0.1, 0.15) is 55.2 Å². The molecule has 1 aromatic rings. The first-order valence-corrected chi connectivity index (χ1v) is 6.49. The normalized spacial score (nSPS) is 22.3. The summed E-state index contributed by atoms with van der Waals surface area (Å²) < 4.78 is 0. The number of rotatable bonds is 3. The lowest BCUT2D eigenvalue weighted by Gasteiger charge is -2.11. The van der Waals surface area contributed by atoms with Crippen LogP contribution in [0, 0.1) is 0 Å². The maximum absolute atomic E-state index is 11.5. The van der Waals surface area contributed by atoms with Gasteiger partial charge >= 0.3 is 0 Å². The van der Waals surface area contributed by atoms with Crippen molar-refractivity contribution in [2.24, 2.45) is 0 Å². The number of amides is 1. The highest BCUT2D eigenvalue weighted by atomic mass is 16.1. The second-order valence-electron chi connectivity index (χ2n) is 5.03. The molecule has 0 aliphatic heterocycles. The van der Waals surface area contributed by atoms with E-state index in [2.05, 4.69) is 37.4 Å². The molecule has 0 aromatic heterocycles. The zero-order chi connectivity index (χ0) is 12.4. The van der Waals surface area contributed by atoms with Gasteiger partial charge in [-0.2, -0.15) is 0 Å². The van der Waals surface area contributed by atoms with Crippen LogP contribution in [-0.4, -0.2) is 13.0 Å². The van der Waals surface area contributed by atoms with Gasteiger partial charge in [0.1, 0.15) is 0 Å². The standard InChI is InChI=1S/C15H21NO/c1-4-11-5-6-13-10(2)7-12(14(13)8-11)9-15(17)16-3/h5-6,8,10,12H,4,7,9H2,1-3H3,(H,16,17). The lowest BCUT2D eigenvalue weighted by Crippen LogP contribution is -2.19. The molecule has 1 amide bonds. The van der Waals surface area contributed by atoms with E-state index in [1.54, 1.807) is 7.05 Å². The van der Waals surface area contributed by atoms with E-state index in [1.165, 1.54) is 16.7 Å². The predicted octanol–water partition coefficient (Wildman–Crippen LogP) is 2.98. The largest absolute Gasteiger partial charge is 0.359 e. The van der Waals surface area contributed by atoms with E-state index < -0.39 is 0 Å². The minimum Gasteiger partial charge on any atom is -0.359 e. The van der Waals surface area contributed by atoms with Crippen molar-refractivity contribution in [1.29, 1.82) is 0 Å². The van der Waals surface area contributed by atoms with Crippen LogP contribution >= 0.6 is 0 Å². The van der Waals surface area contributed by atoms with Crippen LogP contribution in [0.25, 0.3) is 0 Å². The van der Waals surface area contributed by atoms with E-state index in [0.717, 1.165) is 12.8 Å². The average Bonchev–Trinajstić information content (AvgIpc) is 2.65. The van der Waals surface area contributed by atoms with Crippen molar-refractivity contribution in [3.8, 4) is 0 Å². The minimum absolute atomic E-state index is 0.150. The lowest BCUT2D eigenvalue weighted by atomic mass is 9.95. The summed E-state index contributed by atoms with van der Waals surface area (Å²) in [5.41, 5.74) is 4.22. The molecule has 2 nitrogen and oxygen atoms in total. The third-order valence-electron chi connectivity index (χ3n) is 3.88. The van der Waals surface area contributed by atoms with Crippen molar-refractivity contribution >= 4 is 5.91 Å². The van der Waals surface area contributed by atoms with Gasteiger partial charge in [-0.3, -0.25) is 4.79 Å². The Morgan fingerprint density at radius 3 is 2.82 bits per heavy atom. The minimum atomic E-state index is 0.150. The van der Waals surface area contributed by atoms with Crippen LogP contribution < -0.4 is 5.32 Å². The van der Waals surface area contributed by atoms with Crippen LogP contribution in [0.3, 0.4) is 0 Å². The van der Waals surface area contributed by atoms with E-state index >= 15 is 0 Å². The lowest BCUT2D eigenvalue weighted by molar-refractivity contribution is -0.121. The quantitative estimate of drug-likeness (QED) is 0.851. The fraction of sp³-hybridized carbons (Fsp3) is 0.533. The number of hydrogen-bond acceptors (Lipinski definition) is 1. The summed E-state index contributed by atoms with van der Waals surface area (Å²) in [4.78, 5) is 11.5. The first kappa shape index (κ1) is 12.2. The summed E-state index contributed by atoms with van der Waals surface area (Å²) >= 11 is 0. The van der Waals surface area contributed by atoms with Crippen molar-refractivity contribution in [3.05, 3.63) is 34.9 Å². The Kier molecular flexibility index (Phi) is 3.51. The maximum Gasteiger partial charge on any atom is 0.220 e. The molecule has 2 unspecified atom stereocenters. The number of hydrogen-bond donors (Lipinski definition) is 1. The van der Waals surface area contributed by atoms with Crippen molar-refractivity contribution in [3.63, 3.8) is 0 Å². The van der Waals surface area contributed by atoms with Crippen LogP contribution in [0.2, 0.25) is 0 Å². The van der Waals surface area contributed by atoms with Crippen LogP contribution in [0.4, 0.5) is 0 Å². The molecule has 1 N–H and O–H groups in total. The van der Waals surface area contributed by atoms with E-state index in [-0.39, 0.29) is 5.91 Å². The number of carbonyl (C=O) groups is 1. The number of fused-ring (bicyclic) bond motifs is 1. The zero-order valence-electron chi connectivity index (χ0n) is 10.9. The van der Waals surface area contributed by atoms with Gasteiger partial charge in [0.05, 0.1) is 0 Å². The maximum atomic E-state index is 11.5. The molecular weight excluding hydrogens is 210 g/mol. The number of aryl methyl sites for hydroxylation is 1. The van der Waals surface area contributed by atoms with Gasteiger partial charge in [0.15, 0.2) is 0 Å². The Morgan fingerprint density at radius 2 is 2.18 bits per heavy atom. The van der Waals surface area contributed by atoms with Crippen molar-refractivity contribution in [1.82, 2.24) is 5.32 Å². The number of benzene rings is 1. The van der Waals surface area contributed by atoms with Crippen LogP contribution in [0.5, 0.6) is 0 Å². The summed E-state index contributed by atoms with van der Waals surface area (Å²) in [7, 11) is 1.71. The van der Waals surface area contributed by atoms with E-state index in [0.29, 0.717) is 18.3 Å². The van der Waals surface area contributed by atoms with Gasteiger partial charge in [-0.25, -0.2) is 0 Å². The summed E-state index contributed by atoms with van der Waals surface area (Å²) in [6.45, 7) is 4.43. The van der Waals surface area contributed by atoms with Crippen LogP contribution in [-0.2, 0) is 11.2 Å². The zero-order valence-corrected chi connectivity index (χ0v) is 10.9. The molecule has 2 heteroatoms. The predicted molar refractivity (Wildman–Crippen MR) is 70.3 cm³/mol. The van der Waals surface area contributed by atoms with E-state index in [1.807, 2.05) is 0 Å². The fourth-order valence-corrected chi connectivity index (χ4v) is 2.85. The van der Waals surface area contributed by atoms with Gasteiger partial charge in [0.2, 0.25) is 5.91 Å². The number of nitrogens with one attached hydrogen (secondary N) is 1. The fourth-order valence-electron chi connectivity index (χ4n) is 2.85. The summed E-state index contributed by atoms with van der Waals surface area (Å²) in [6.07, 6.45) is 2.80. The molecule has 0 fully saturated rings. The molecule has 92 valence electrons. The van der Waals surface area contributed by atoms with Crippen LogP contribution in [0.15, 0.2) is 18.2 Å². The molecule has 0 heterocycles. The van der Waals surface area contributed by atoms with Crippen molar-refractivity contribution in [2.45, 2.75) is 44.9 Å². The van der Waals surface area contributed by atoms with Crippen molar-refractivity contribution in [2.75, 3.05) is 7.05 Å². The molecule has 2 atom stereocenters. The Bertz CT molecular complexity index is 425. The Balaban J connectivity index is 2.27. The third kappa shape index (κ3) is 2.36. The molecule has 1 aliphatic carbocycles. The van der Waals surface area contributed by atoms with Gasteiger partial charge < -0.3 is 5.32 Å². The average molecular weight is 231 g/mol. The van der Waals surface area contributed by atoms with E-state index in [9.17, 15) is 4.79 Å². The topological polar surface area (TPSA) is 29.1 Å². The highest BCUT2D eigenvalue weighted by Crippen LogP contribution is 2.43. The van der Waals surface area contributed by atoms with Gasteiger partial charge in [-0.05, 0) is 41.4 Å². The monoisotopic (exact) mass is 231 g/mol. The molecular formula is C15H21NO. The second-order valence-corrected chi connectivity index (χ2v) is 5.03. The van der Waals surface area contributed by atoms with Gasteiger partial charge in [-0.1, -0.05) is 32.0 Å². The third-order valence-corrected chi connectivity index (χ3v) is 3.88. The summed E-state index contributed by atoms with van der Waals surface area (Å²) in [5, 5.41) is 2.73. The molecule has 0 saturated carbocycles. The molecule has 17 heavy (non-hydrogen) atoms. The molecule has 0 spiro atoms. The van der Waals surface area contributed by atoms with Gasteiger partial charge in [0.25, 0.3) is 0 Å². The van der Waals surface area contributed by atoms with Crippen molar-refractivity contribution < 1.29 is 4.79 Å². The van der Waals surface area contributed by atoms with E-state index in [4.69, 9.17) is 0 Å². The van der Waals surface area contributed by atoms with Gasteiger partial charge in [-0.15, -0.1) is 0 Å². The SMILES string of the molecule is CCc1ccc2c(c1)C(CC(=O)NC)CC2C. The summed E-state index contributed by atoms with van der Waals surface area (Å²) in [5.74, 6) is 1.15. The Morgan fingerprint density at radius 1 is 1.41 bits per heavy atom. The Hall–Kier alpha value is -1.31. The molecule has 0 saturated heterocycles. The first-order valence-electron chi connectivity index (χ1n) is 6.49. The number of carbonyl (C=O) groups excluding carboxylic acids is 1. The highest BCUT2D eigenvalue weighted by Gasteiger charge is 2.29. The molecule has 1 aliphatic rings. The van der Waals surface area contributed by atoms with Gasteiger partial charge in [0, 0.05) is 13.5 Å². The Labute approximate surface area is 103 Å². The molecule has 2 rings (SSSR count). The molecule has 0 radical (unpaired) electrons.